The van der Waals surface area contributed by atoms with Gasteiger partial charge in [0.05, 0.1) is 12.3 Å². The Morgan fingerprint density at radius 2 is 2.03 bits per heavy atom. The summed E-state index contributed by atoms with van der Waals surface area (Å²) in [6.07, 6.45) is 2.69. The van der Waals surface area contributed by atoms with Crippen LogP contribution in [-0.2, 0) is 24.5 Å². The van der Waals surface area contributed by atoms with E-state index >= 15 is 0 Å². The molecule has 0 aromatic carbocycles. The van der Waals surface area contributed by atoms with Crippen LogP contribution >= 0.6 is 0 Å². The van der Waals surface area contributed by atoms with Crippen molar-refractivity contribution in [3.05, 3.63) is 23.4 Å². The number of amidine groups is 1. The van der Waals surface area contributed by atoms with E-state index in [2.05, 4.69) is 15.3 Å². The van der Waals surface area contributed by atoms with Crippen LogP contribution in [0.1, 0.15) is 46.1 Å². The molecular formula is C20H29N5O7S. The molecule has 2 amide bonds. The maximum Gasteiger partial charge on any atom is 0.407 e. The first-order valence-corrected chi connectivity index (χ1v) is 11.7. The zero-order chi connectivity index (χ0) is 24.8. The third kappa shape index (κ3) is 8.11. The molecule has 0 fully saturated rings. The van der Waals surface area contributed by atoms with E-state index < -0.39 is 32.7 Å². The molecule has 0 spiro atoms. The van der Waals surface area contributed by atoms with Crippen molar-refractivity contribution < 1.29 is 32.1 Å². The number of carbonyl (C=O) groups is 2. The third-order valence-corrected chi connectivity index (χ3v) is 4.81. The van der Waals surface area contributed by atoms with E-state index in [-0.39, 0.29) is 43.2 Å². The number of hydrogen-bond acceptors (Lipinski definition) is 9. The third-order valence-electron chi connectivity index (χ3n) is 4.06. The number of fused-ring (bicyclic) bond motifs is 1. The molecule has 13 heteroatoms. The van der Waals surface area contributed by atoms with Crippen LogP contribution in [0.2, 0.25) is 0 Å². The predicted molar refractivity (Wildman–Crippen MR) is 120 cm³/mol. The van der Waals surface area contributed by atoms with Gasteiger partial charge in [-0.2, -0.15) is 8.42 Å². The standard InChI is InChI=1S/C20H29N5O7S/c1-5-7-25(31-8-6-22-19(27)32-20(2,3)4)18(26)13-9-14-12-23-17(33(28,29)30)11-15(14)24-16(21)10-13/h9,11-12H,5-8,10H2,1-4H3,(H2,21,24)(H,22,27)(H,28,29,30). The molecule has 0 saturated carbocycles. The van der Waals surface area contributed by atoms with Crippen molar-refractivity contribution in [2.75, 3.05) is 19.7 Å². The highest BCUT2D eigenvalue weighted by molar-refractivity contribution is 7.85. The lowest BCUT2D eigenvalue weighted by Gasteiger charge is -2.23. The number of aliphatic imine (C=N–C) groups is 1. The average Bonchev–Trinajstić information content (AvgIpc) is 2.85. The van der Waals surface area contributed by atoms with Gasteiger partial charge in [-0.3, -0.25) is 14.2 Å². The van der Waals surface area contributed by atoms with Gasteiger partial charge in [0, 0.05) is 42.9 Å². The Kier molecular flexibility index (Phi) is 8.52. The van der Waals surface area contributed by atoms with Crippen molar-refractivity contribution >= 4 is 39.7 Å². The fourth-order valence-corrected chi connectivity index (χ4v) is 3.21. The minimum atomic E-state index is -4.52. The largest absolute Gasteiger partial charge is 0.444 e. The number of carbonyl (C=O) groups excluding carboxylic acids is 2. The predicted octanol–water partition coefficient (Wildman–Crippen LogP) is 1.80. The highest BCUT2D eigenvalue weighted by Gasteiger charge is 2.24. The summed E-state index contributed by atoms with van der Waals surface area (Å²) in [4.78, 5) is 38.2. The summed E-state index contributed by atoms with van der Waals surface area (Å²) in [5.41, 5.74) is 6.06. The number of alkyl carbamates (subject to hydrolysis) is 1. The Morgan fingerprint density at radius 3 is 2.64 bits per heavy atom. The number of nitrogens with one attached hydrogen (secondary N) is 1. The Hall–Kier alpha value is -3.03. The van der Waals surface area contributed by atoms with E-state index in [0.717, 1.165) is 6.07 Å². The SMILES string of the molecule is CCCN(OCCNC(=O)OC(C)(C)C)C(=O)C1=Cc2cnc(S(=O)(=O)O)cc2N=C(N)C1. The number of hydroxylamine groups is 2. The minimum Gasteiger partial charge on any atom is -0.444 e. The molecule has 0 bridgehead atoms. The summed E-state index contributed by atoms with van der Waals surface area (Å²) in [7, 11) is -4.52. The molecule has 2 heterocycles. The van der Waals surface area contributed by atoms with E-state index in [1.54, 1.807) is 20.8 Å². The quantitative estimate of drug-likeness (QED) is 0.283. The number of nitrogens with zero attached hydrogens (tertiary/aromatic N) is 3. The van der Waals surface area contributed by atoms with Gasteiger partial charge in [0.2, 0.25) is 0 Å². The van der Waals surface area contributed by atoms with Crippen molar-refractivity contribution in [1.82, 2.24) is 15.4 Å². The molecule has 1 aromatic heterocycles. The Bertz CT molecular complexity index is 1060. The molecule has 0 atom stereocenters. The van der Waals surface area contributed by atoms with Gasteiger partial charge >= 0.3 is 16.2 Å². The molecule has 182 valence electrons. The lowest BCUT2D eigenvalue weighted by molar-refractivity contribution is -0.181. The minimum absolute atomic E-state index is 0.00550. The highest BCUT2D eigenvalue weighted by atomic mass is 32.2. The van der Waals surface area contributed by atoms with Crippen LogP contribution in [0.5, 0.6) is 0 Å². The molecule has 0 saturated heterocycles. The summed E-state index contributed by atoms with van der Waals surface area (Å²) in [5, 5.41) is 3.14. The Balaban J connectivity index is 2.13. The van der Waals surface area contributed by atoms with Crippen molar-refractivity contribution in [2.24, 2.45) is 10.7 Å². The Morgan fingerprint density at radius 1 is 1.33 bits per heavy atom. The molecule has 1 aliphatic heterocycles. The van der Waals surface area contributed by atoms with Crippen molar-refractivity contribution in [1.29, 1.82) is 0 Å². The second-order valence-electron chi connectivity index (χ2n) is 8.18. The molecule has 4 N–H and O–H groups in total. The maximum atomic E-state index is 13.1. The fraction of sp³-hybridized carbons (Fsp3) is 0.500. The summed E-state index contributed by atoms with van der Waals surface area (Å²) >= 11 is 0. The van der Waals surface area contributed by atoms with E-state index in [4.69, 9.17) is 15.3 Å². The molecule has 1 aliphatic rings. The van der Waals surface area contributed by atoms with Crippen LogP contribution in [-0.4, -0.2) is 66.2 Å². The average molecular weight is 484 g/mol. The number of pyridine rings is 1. The summed E-state index contributed by atoms with van der Waals surface area (Å²) in [6.45, 7) is 7.54. The van der Waals surface area contributed by atoms with Gasteiger partial charge in [0.25, 0.3) is 5.91 Å². The zero-order valence-electron chi connectivity index (χ0n) is 19.0. The Labute approximate surface area is 192 Å². The van der Waals surface area contributed by atoms with Crippen LogP contribution in [0, 0.1) is 0 Å². The molecule has 12 nitrogen and oxygen atoms in total. The molecule has 33 heavy (non-hydrogen) atoms. The van der Waals surface area contributed by atoms with Gasteiger partial charge in [-0.1, -0.05) is 6.92 Å². The van der Waals surface area contributed by atoms with Crippen LogP contribution in [0.25, 0.3) is 6.08 Å². The summed E-state index contributed by atoms with van der Waals surface area (Å²) in [6, 6.07) is 1.07. The maximum absolute atomic E-state index is 13.1. The van der Waals surface area contributed by atoms with Gasteiger partial charge in [0.1, 0.15) is 11.4 Å². The second-order valence-corrected chi connectivity index (χ2v) is 9.54. The highest BCUT2D eigenvalue weighted by Crippen LogP contribution is 2.28. The second kappa shape index (κ2) is 10.7. The smallest absolute Gasteiger partial charge is 0.407 e. The van der Waals surface area contributed by atoms with E-state index in [1.807, 2.05) is 6.92 Å². The number of amides is 2. The first-order chi connectivity index (χ1) is 15.3. The van der Waals surface area contributed by atoms with Gasteiger partial charge in [0.15, 0.2) is 5.03 Å². The van der Waals surface area contributed by atoms with Gasteiger partial charge in [-0.05, 0) is 33.3 Å². The van der Waals surface area contributed by atoms with Crippen molar-refractivity contribution in [3.63, 3.8) is 0 Å². The van der Waals surface area contributed by atoms with E-state index in [9.17, 15) is 22.6 Å². The van der Waals surface area contributed by atoms with Crippen LogP contribution in [0.15, 0.2) is 27.9 Å². The number of nitrogens with two attached hydrogens (primary N) is 1. The van der Waals surface area contributed by atoms with E-state index in [0.29, 0.717) is 12.0 Å². The number of ether oxygens (including phenoxy) is 1. The van der Waals surface area contributed by atoms with Crippen LogP contribution in [0.4, 0.5) is 10.5 Å². The lowest BCUT2D eigenvalue weighted by Crippen LogP contribution is -2.38. The molecular weight excluding hydrogens is 454 g/mol. The fourth-order valence-electron chi connectivity index (χ4n) is 2.76. The van der Waals surface area contributed by atoms with Gasteiger partial charge in [-0.25, -0.2) is 19.8 Å². The van der Waals surface area contributed by atoms with Crippen LogP contribution in [0.3, 0.4) is 0 Å². The van der Waals surface area contributed by atoms with Crippen molar-refractivity contribution in [3.8, 4) is 0 Å². The molecule has 2 rings (SSSR count). The van der Waals surface area contributed by atoms with Gasteiger partial charge in [-0.15, -0.1) is 0 Å². The first-order valence-electron chi connectivity index (χ1n) is 10.2. The number of hydrogen-bond donors (Lipinski definition) is 3. The molecule has 0 unspecified atom stereocenters. The number of rotatable bonds is 8. The lowest BCUT2D eigenvalue weighted by atomic mass is 10.1. The van der Waals surface area contributed by atoms with E-state index in [1.165, 1.54) is 17.3 Å². The zero-order valence-corrected chi connectivity index (χ0v) is 19.8. The topological polar surface area (TPSA) is 174 Å². The number of aromatic nitrogens is 1. The summed E-state index contributed by atoms with van der Waals surface area (Å²) in [5.74, 6) is -0.386. The van der Waals surface area contributed by atoms with Gasteiger partial charge < -0.3 is 15.8 Å². The van der Waals surface area contributed by atoms with Crippen molar-refractivity contribution in [2.45, 2.75) is 51.2 Å². The normalized spacial score (nSPS) is 13.8. The first kappa shape index (κ1) is 26.2. The molecule has 0 aliphatic carbocycles. The molecule has 0 radical (unpaired) electrons. The summed E-state index contributed by atoms with van der Waals surface area (Å²) < 4.78 is 37.0. The monoisotopic (exact) mass is 483 g/mol. The van der Waals surface area contributed by atoms with Crippen LogP contribution < -0.4 is 11.1 Å². The molecule has 1 aromatic rings.